The normalized spacial score (nSPS) is 20.9. The van der Waals surface area contributed by atoms with E-state index in [0.717, 1.165) is 23.1 Å². The number of ether oxygens (including phenoxy) is 1. The molecule has 2 aliphatic rings. The number of carboxylic acids is 1. The highest BCUT2D eigenvalue weighted by Crippen LogP contribution is 2.33. The van der Waals surface area contributed by atoms with E-state index < -0.39 is 17.9 Å². The molecule has 10 heteroatoms. The summed E-state index contributed by atoms with van der Waals surface area (Å²) >= 11 is 7.69. The first-order valence-electron chi connectivity index (χ1n) is 8.47. The summed E-state index contributed by atoms with van der Waals surface area (Å²) in [5, 5.41) is 11.2. The number of carboxylic acid groups (broad SMARTS) is 1. The predicted molar refractivity (Wildman–Crippen MR) is 110 cm³/mol. The third-order valence-corrected chi connectivity index (χ3v) is 6.52. The molecular weight excluding hydrogens is 420 g/mol. The van der Waals surface area contributed by atoms with Crippen LogP contribution in [0.2, 0.25) is 0 Å². The van der Waals surface area contributed by atoms with Crippen LogP contribution in [0.15, 0.2) is 29.2 Å². The molecule has 0 unspecified atom stereocenters. The van der Waals surface area contributed by atoms with Gasteiger partial charge in [-0.15, -0.1) is 11.8 Å². The average Bonchev–Trinajstić information content (AvgIpc) is 3.25. The van der Waals surface area contributed by atoms with Gasteiger partial charge in [-0.05, 0) is 30.7 Å². The Morgan fingerprint density at radius 3 is 2.71 bits per heavy atom. The minimum atomic E-state index is -1.29. The van der Waals surface area contributed by atoms with E-state index in [-0.39, 0.29) is 28.4 Å². The number of carbonyl (C=O) groups excluding carboxylic acids is 3. The van der Waals surface area contributed by atoms with Crippen molar-refractivity contribution in [3.63, 3.8) is 0 Å². The maximum Gasteiger partial charge on any atom is 0.266 e. The molecule has 1 aromatic rings. The summed E-state index contributed by atoms with van der Waals surface area (Å²) in [7, 11) is 0. The van der Waals surface area contributed by atoms with E-state index in [9.17, 15) is 19.5 Å². The van der Waals surface area contributed by atoms with Crippen molar-refractivity contribution in [3.8, 4) is 5.75 Å². The standard InChI is InChI=1S/C18H18N2O5S3/c1-2-25-12-5-3-11(4-6-12)7-14-16(22)19(18(26)28-14)8-15(21)20-10-27-9-13(20)17(23)24/h3-7,13H,2,8-10H2,1H3,(H,23,24)/p-1/b14-7-/t13-/m1/s1. The van der Waals surface area contributed by atoms with Crippen LogP contribution in [-0.4, -0.2) is 62.7 Å². The van der Waals surface area contributed by atoms with E-state index >= 15 is 0 Å². The second kappa shape index (κ2) is 8.97. The van der Waals surface area contributed by atoms with Crippen LogP contribution in [0, 0.1) is 0 Å². The van der Waals surface area contributed by atoms with Gasteiger partial charge in [0.2, 0.25) is 5.91 Å². The van der Waals surface area contributed by atoms with Gasteiger partial charge in [0.1, 0.15) is 16.6 Å². The summed E-state index contributed by atoms with van der Waals surface area (Å²) in [6, 6.07) is 6.30. The fraction of sp³-hybridized carbons (Fsp3) is 0.333. The van der Waals surface area contributed by atoms with Crippen molar-refractivity contribution < 1.29 is 24.2 Å². The van der Waals surface area contributed by atoms with Crippen LogP contribution in [-0.2, 0) is 14.4 Å². The SMILES string of the molecule is CCOc1ccc(/C=C2\SC(=S)N(CC(=O)N3CSC[C@@H]3C(=O)[O-])C2=O)cc1. The average molecular weight is 438 g/mol. The van der Waals surface area contributed by atoms with E-state index in [1.165, 1.54) is 21.6 Å². The zero-order chi connectivity index (χ0) is 20.3. The van der Waals surface area contributed by atoms with Crippen molar-refractivity contribution in [2.75, 3.05) is 24.8 Å². The summed E-state index contributed by atoms with van der Waals surface area (Å²) in [5.41, 5.74) is 0.809. The van der Waals surface area contributed by atoms with Gasteiger partial charge in [0.25, 0.3) is 5.91 Å². The Bertz CT molecular complexity index is 840. The largest absolute Gasteiger partial charge is 0.548 e. The molecule has 1 atom stereocenters. The topological polar surface area (TPSA) is 90.0 Å². The van der Waals surface area contributed by atoms with Crippen molar-refractivity contribution >= 4 is 63.9 Å². The molecule has 3 rings (SSSR count). The lowest BCUT2D eigenvalue weighted by atomic mass is 10.2. The van der Waals surface area contributed by atoms with Crippen molar-refractivity contribution in [2.45, 2.75) is 13.0 Å². The van der Waals surface area contributed by atoms with Crippen LogP contribution in [0.4, 0.5) is 0 Å². The Morgan fingerprint density at radius 1 is 1.36 bits per heavy atom. The molecule has 0 aliphatic carbocycles. The molecule has 148 valence electrons. The van der Waals surface area contributed by atoms with Gasteiger partial charge < -0.3 is 19.5 Å². The van der Waals surface area contributed by atoms with E-state index in [1.54, 1.807) is 6.08 Å². The van der Waals surface area contributed by atoms with E-state index in [4.69, 9.17) is 17.0 Å². The molecule has 0 saturated carbocycles. The Labute approximate surface area is 176 Å². The number of thiocarbonyl (C=S) groups is 1. The van der Waals surface area contributed by atoms with Gasteiger partial charge in [-0.1, -0.05) is 36.1 Å². The molecule has 0 N–H and O–H groups in total. The molecule has 0 bridgehead atoms. The lowest BCUT2D eigenvalue weighted by molar-refractivity contribution is -0.310. The monoisotopic (exact) mass is 437 g/mol. The number of hydrogen-bond acceptors (Lipinski definition) is 8. The molecule has 0 spiro atoms. The highest BCUT2D eigenvalue weighted by molar-refractivity contribution is 8.26. The number of aliphatic carboxylic acids is 1. The highest BCUT2D eigenvalue weighted by atomic mass is 32.2. The smallest absolute Gasteiger partial charge is 0.266 e. The summed E-state index contributed by atoms with van der Waals surface area (Å²) in [6.45, 7) is 2.19. The van der Waals surface area contributed by atoms with Crippen LogP contribution in [0.5, 0.6) is 5.75 Å². The summed E-state index contributed by atoms with van der Waals surface area (Å²) in [6.07, 6.45) is 1.70. The number of nitrogens with zero attached hydrogens (tertiary/aromatic N) is 2. The minimum absolute atomic E-state index is 0.258. The predicted octanol–water partition coefficient (Wildman–Crippen LogP) is 0.938. The summed E-state index contributed by atoms with van der Waals surface area (Å²) < 4.78 is 5.66. The van der Waals surface area contributed by atoms with Gasteiger partial charge in [0, 0.05) is 5.75 Å². The van der Waals surface area contributed by atoms with Crippen molar-refractivity contribution in [2.24, 2.45) is 0 Å². The lowest BCUT2D eigenvalue weighted by Gasteiger charge is -2.26. The number of amides is 2. The maximum absolute atomic E-state index is 12.7. The number of benzene rings is 1. The van der Waals surface area contributed by atoms with Crippen LogP contribution < -0.4 is 9.84 Å². The molecule has 7 nitrogen and oxygen atoms in total. The lowest BCUT2D eigenvalue weighted by Crippen LogP contribution is -2.51. The van der Waals surface area contributed by atoms with Crippen LogP contribution >= 0.6 is 35.7 Å². The fourth-order valence-electron chi connectivity index (χ4n) is 2.72. The maximum atomic E-state index is 12.7. The molecule has 1 aromatic carbocycles. The van der Waals surface area contributed by atoms with Gasteiger partial charge in [-0.2, -0.15) is 0 Å². The first-order chi connectivity index (χ1) is 13.4. The molecule has 2 amide bonds. The van der Waals surface area contributed by atoms with Gasteiger partial charge in [-0.25, -0.2) is 0 Å². The third kappa shape index (κ3) is 4.50. The van der Waals surface area contributed by atoms with E-state index in [2.05, 4.69) is 0 Å². The van der Waals surface area contributed by atoms with Crippen LogP contribution in [0.3, 0.4) is 0 Å². The molecule has 2 saturated heterocycles. The molecule has 0 radical (unpaired) electrons. The van der Waals surface area contributed by atoms with E-state index in [1.807, 2.05) is 31.2 Å². The zero-order valence-electron chi connectivity index (χ0n) is 15.0. The van der Waals surface area contributed by atoms with Crippen molar-refractivity contribution in [3.05, 3.63) is 34.7 Å². The second-order valence-electron chi connectivity index (χ2n) is 5.97. The first kappa shape index (κ1) is 20.7. The molecule has 2 heterocycles. The number of rotatable bonds is 6. The Kier molecular flexibility index (Phi) is 6.63. The highest BCUT2D eigenvalue weighted by Gasteiger charge is 2.37. The Balaban J connectivity index is 1.69. The molecule has 2 aliphatic heterocycles. The Morgan fingerprint density at radius 2 is 2.07 bits per heavy atom. The molecule has 0 aromatic heterocycles. The first-order valence-corrected chi connectivity index (χ1v) is 10.8. The summed E-state index contributed by atoms with van der Waals surface area (Å²) in [4.78, 5) is 39.2. The van der Waals surface area contributed by atoms with Crippen LogP contribution in [0.25, 0.3) is 6.08 Å². The number of carbonyl (C=O) groups is 3. The molecular formula is C18H17N2O5S3-. The third-order valence-electron chi connectivity index (χ3n) is 4.13. The second-order valence-corrected chi connectivity index (χ2v) is 8.64. The van der Waals surface area contributed by atoms with Crippen molar-refractivity contribution in [1.29, 1.82) is 0 Å². The number of thioether (sulfide) groups is 2. The minimum Gasteiger partial charge on any atom is -0.548 e. The molecule has 28 heavy (non-hydrogen) atoms. The Hall–Kier alpha value is -2.04. The van der Waals surface area contributed by atoms with Gasteiger partial charge in [0.05, 0.1) is 29.4 Å². The fourth-order valence-corrected chi connectivity index (χ4v) is 5.14. The quantitative estimate of drug-likeness (QED) is 0.480. The van der Waals surface area contributed by atoms with Gasteiger partial charge in [0.15, 0.2) is 0 Å². The van der Waals surface area contributed by atoms with E-state index in [0.29, 0.717) is 11.5 Å². The zero-order valence-corrected chi connectivity index (χ0v) is 17.4. The summed E-state index contributed by atoms with van der Waals surface area (Å²) in [5.74, 6) is -0.840. The molecule has 2 fully saturated rings. The van der Waals surface area contributed by atoms with Gasteiger partial charge in [-0.3, -0.25) is 14.5 Å². The number of hydrogen-bond donors (Lipinski definition) is 0. The van der Waals surface area contributed by atoms with Crippen LogP contribution in [0.1, 0.15) is 12.5 Å². The van der Waals surface area contributed by atoms with Gasteiger partial charge >= 0.3 is 0 Å². The van der Waals surface area contributed by atoms with Crippen molar-refractivity contribution in [1.82, 2.24) is 9.80 Å².